The van der Waals surface area contributed by atoms with Gasteiger partial charge in [0.25, 0.3) is 6.43 Å². The number of methoxy groups -OCH3 is 1. The van der Waals surface area contributed by atoms with Gasteiger partial charge >= 0.3 is 0 Å². The van der Waals surface area contributed by atoms with Crippen molar-refractivity contribution < 1.29 is 18.3 Å². The van der Waals surface area contributed by atoms with E-state index in [4.69, 9.17) is 10.5 Å². The van der Waals surface area contributed by atoms with Crippen LogP contribution in [0.2, 0.25) is 0 Å². The fourth-order valence-corrected chi connectivity index (χ4v) is 1.82. The van der Waals surface area contributed by atoms with Crippen LogP contribution in [0.4, 0.5) is 8.78 Å². The van der Waals surface area contributed by atoms with Crippen molar-refractivity contribution in [2.45, 2.75) is 18.9 Å². The Kier molecular flexibility index (Phi) is 7.11. The average Bonchev–Trinajstić information content (AvgIpc) is 2.43. The number of benzene rings is 1. The zero-order chi connectivity index (χ0) is 15.0. The Balaban J connectivity index is 2.60. The molecular formula is C14H20F2N2O2. The maximum atomic E-state index is 12.5. The molecule has 0 saturated heterocycles. The van der Waals surface area contributed by atoms with Gasteiger partial charge in [-0.05, 0) is 5.56 Å². The third-order valence-corrected chi connectivity index (χ3v) is 2.90. The molecule has 0 saturated carbocycles. The van der Waals surface area contributed by atoms with Crippen LogP contribution in [-0.4, -0.2) is 44.0 Å². The maximum Gasteiger partial charge on any atom is 0.255 e. The van der Waals surface area contributed by atoms with Crippen molar-refractivity contribution >= 4 is 5.91 Å². The number of alkyl halides is 2. The maximum absolute atomic E-state index is 12.5. The van der Waals surface area contributed by atoms with Crippen LogP contribution in [0.1, 0.15) is 18.0 Å². The van der Waals surface area contributed by atoms with Gasteiger partial charge in [0.05, 0.1) is 13.2 Å². The van der Waals surface area contributed by atoms with Gasteiger partial charge in [-0.3, -0.25) is 4.79 Å². The van der Waals surface area contributed by atoms with Gasteiger partial charge in [0, 0.05) is 26.1 Å². The summed E-state index contributed by atoms with van der Waals surface area (Å²) in [5.41, 5.74) is 6.74. The van der Waals surface area contributed by atoms with Crippen molar-refractivity contribution in [1.29, 1.82) is 0 Å². The minimum absolute atomic E-state index is 0.000444. The summed E-state index contributed by atoms with van der Waals surface area (Å²) in [5.74, 6) is -0.390. The third kappa shape index (κ3) is 5.63. The highest BCUT2D eigenvalue weighted by molar-refractivity contribution is 5.77. The number of nitrogens with two attached hydrogens (primary N) is 1. The summed E-state index contributed by atoms with van der Waals surface area (Å²) in [6.45, 7) is -0.232. The van der Waals surface area contributed by atoms with Crippen LogP contribution in [-0.2, 0) is 9.53 Å². The van der Waals surface area contributed by atoms with Gasteiger partial charge in [-0.15, -0.1) is 0 Å². The van der Waals surface area contributed by atoms with E-state index in [0.29, 0.717) is 0 Å². The van der Waals surface area contributed by atoms with Crippen molar-refractivity contribution in [3.63, 3.8) is 0 Å². The average molecular weight is 286 g/mol. The summed E-state index contributed by atoms with van der Waals surface area (Å²) in [6.07, 6.45) is -2.57. The first-order valence-electron chi connectivity index (χ1n) is 6.40. The van der Waals surface area contributed by atoms with E-state index in [1.807, 2.05) is 30.3 Å². The molecule has 1 amide bonds. The molecule has 1 aromatic rings. The predicted octanol–water partition coefficient (Wildman–Crippen LogP) is 1.82. The van der Waals surface area contributed by atoms with E-state index < -0.39 is 24.9 Å². The van der Waals surface area contributed by atoms with Gasteiger partial charge in [-0.2, -0.15) is 0 Å². The molecule has 1 aromatic carbocycles. The van der Waals surface area contributed by atoms with Crippen molar-refractivity contribution in [2.75, 3.05) is 26.8 Å². The van der Waals surface area contributed by atoms with E-state index in [-0.39, 0.29) is 19.6 Å². The Bertz CT molecular complexity index is 401. The van der Waals surface area contributed by atoms with Crippen LogP contribution in [0.15, 0.2) is 30.3 Å². The molecule has 0 heterocycles. The summed E-state index contributed by atoms with van der Waals surface area (Å²) >= 11 is 0. The fourth-order valence-electron chi connectivity index (χ4n) is 1.82. The van der Waals surface area contributed by atoms with Crippen LogP contribution in [0.3, 0.4) is 0 Å². The molecule has 2 N–H and O–H groups in total. The van der Waals surface area contributed by atoms with Gasteiger partial charge in [-0.25, -0.2) is 8.78 Å². The number of rotatable bonds is 8. The molecule has 0 aliphatic heterocycles. The summed E-state index contributed by atoms with van der Waals surface area (Å²) in [5, 5.41) is 0. The van der Waals surface area contributed by atoms with Crippen LogP contribution in [0.25, 0.3) is 0 Å². The lowest BCUT2D eigenvalue weighted by atomic mass is 10.0. The van der Waals surface area contributed by atoms with Crippen molar-refractivity contribution in [3.05, 3.63) is 35.9 Å². The molecule has 1 unspecified atom stereocenters. The highest BCUT2D eigenvalue weighted by atomic mass is 19.3. The normalized spacial score (nSPS) is 12.4. The molecule has 20 heavy (non-hydrogen) atoms. The Labute approximate surface area is 117 Å². The molecule has 0 aliphatic rings. The van der Waals surface area contributed by atoms with Gasteiger partial charge in [0.15, 0.2) is 0 Å². The van der Waals surface area contributed by atoms with Gasteiger partial charge < -0.3 is 15.4 Å². The molecule has 0 radical (unpaired) electrons. The number of carbonyl (C=O) groups is 1. The van der Waals surface area contributed by atoms with Gasteiger partial charge in [-0.1, -0.05) is 30.3 Å². The lowest BCUT2D eigenvalue weighted by Crippen LogP contribution is -2.38. The van der Waals surface area contributed by atoms with E-state index >= 15 is 0 Å². The smallest absolute Gasteiger partial charge is 0.255 e. The van der Waals surface area contributed by atoms with E-state index in [9.17, 15) is 13.6 Å². The second-order valence-corrected chi connectivity index (χ2v) is 4.44. The monoisotopic (exact) mass is 286 g/mol. The molecule has 0 aliphatic carbocycles. The fraction of sp³-hybridized carbons (Fsp3) is 0.500. The van der Waals surface area contributed by atoms with E-state index in [0.717, 1.165) is 10.5 Å². The van der Waals surface area contributed by atoms with Crippen molar-refractivity contribution in [1.82, 2.24) is 4.90 Å². The first-order valence-corrected chi connectivity index (χ1v) is 6.40. The molecule has 1 atom stereocenters. The summed E-state index contributed by atoms with van der Waals surface area (Å²) < 4.78 is 29.8. The van der Waals surface area contributed by atoms with Crippen LogP contribution >= 0.6 is 0 Å². The largest absolute Gasteiger partial charge is 0.383 e. The van der Waals surface area contributed by atoms with Crippen LogP contribution in [0.5, 0.6) is 0 Å². The Hall–Kier alpha value is -1.53. The Morgan fingerprint density at radius 1 is 1.35 bits per heavy atom. The van der Waals surface area contributed by atoms with E-state index in [2.05, 4.69) is 0 Å². The predicted molar refractivity (Wildman–Crippen MR) is 72.4 cm³/mol. The zero-order valence-corrected chi connectivity index (χ0v) is 11.5. The summed E-state index contributed by atoms with van der Waals surface area (Å²) in [7, 11) is 1.46. The van der Waals surface area contributed by atoms with Gasteiger partial charge in [0.1, 0.15) is 0 Å². The lowest BCUT2D eigenvalue weighted by Gasteiger charge is -2.23. The highest BCUT2D eigenvalue weighted by Gasteiger charge is 2.20. The minimum atomic E-state index is -2.57. The second kappa shape index (κ2) is 8.60. The van der Waals surface area contributed by atoms with Crippen LogP contribution in [0, 0.1) is 0 Å². The van der Waals surface area contributed by atoms with Crippen molar-refractivity contribution in [3.8, 4) is 0 Å². The first kappa shape index (κ1) is 16.5. The second-order valence-electron chi connectivity index (χ2n) is 4.44. The zero-order valence-electron chi connectivity index (χ0n) is 11.5. The third-order valence-electron chi connectivity index (χ3n) is 2.90. The molecule has 0 spiro atoms. The molecular weight excluding hydrogens is 266 g/mol. The van der Waals surface area contributed by atoms with Crippen LogP contribution < -0.4 is 5.73 Å². The molecule has 1 rings (SSSR count). The molecule has 0 fully saturated rings. The number of carbonyl (C=O) groups excluding carboxylic acids is 1. The molecule has 6 heteroatoms. The lowest BCUT2D eigenvalue weighted by molar-refractivity contribution is -0.134. The molecule has 0 aromatic heterocycles. The number of hydrogen-bond acceptors (Lipinski definition) is 3. The van der Waals surface area contributed by atoms with E-state index in [1.54, 1.807) is 0 Å². The van der Waals surface area contributed by atoms with E-state index in [1.165, 1.54) is 7.11 Å². The highest BCUT2D eigenvalue weighted by Crippen LogP contribution is 2.15. The number of ether oxygens (including phenoxy) is 1. The molecule has 0 bridgehead atoms. The summed E-state index contributed by atoms with van der Waals surface area (Å²) in [6, 6.07) is 8.61. The quantitative estimate of drug-likeness (QED) is 0.793. The molecule has 112 valence electrons. The SMILES string of the molecule is COCCN(CC(F)F)C(=O)CC(N)c1ccccc1. The standard InChI is InChI=1S/C14H20F2N2O2/c1-20-8-7-18(10-13(15)16)14(19)9-12(17)11-5-3-2-4-6-11/h2-6,12-13H,7-10,17H2,1H3. The van der Waals surface area contributed by atoms with Crippen molar-refractivity contribution in [2.24, 2.45) is 5.73 Å². The minimum Gasteiger partial charge on any atom is -0.383 e. The Morgan fingerprint density at radius 3 is 2.55 bits per heavy atom. The topological polar surface area (TPSA) is 55.6 Å². The number of nitrogens with zero attached hydrogens (tertiary/aromatic N) is 1. The molecule has 4 nitrogen and oxygen atoms in total. The number of amides is 1. The number of halogens is 2. The van der Waals surface area contributed by atoms with Gasteiger partial charge in [0.2, 0.25) is 5.91 Å². The first-order chi connectivity index (χ1) is 9.54. The number of hydrogen-bond donors (Lipinski definition) is 1. The summed E-state index contributed by atoms with van der Waals surface area (Å²) in [4.78, 5) is 13.1. The Morgan fingerprint density at radius 2 is 2.00 bits per heavy atom.